The van der Waals surface area contributed by atoms with E-state index in [0.29, 0.717) is 10.9 Å². The minimum Gasteiger partial charge on any atom is -0.442 e. The summed E-state index contributed by atoms with van der Waals surface area (Å²) < 4.78 is 44.9. The van der Waals surface area contributed by atoms with Gasteiger partial charge in [-0.2, -0.15) is 0 Å². The van der Waals surface area contributed by atoms with Crippen LogP contribution in [0.2, 0.25) is 0 Å². The highest BCUT2D eigenvalue weighted by Gasteiger charge is 2.33. The Hall–Kier alpha value is -3.73. The molecule has 0 unspecified atom stereocenters. The van der Waals surface area contributed by atoms with Crippen molar-refractivity contribution in [3.05, 3.63) is 70.8 Å². The molecule has 11 heteroatoms. The van der Waals surface area contributed by atoms with Crippen molar-refractivity contribution in [2.24, 2.45) is 0 Å². The van der Waals surface area contributed by atoms with E-state index in [1.807, 2.05) is 0 Å². The number of alkyl halides is 2. The summed E-state index contributed by atoms with van der Waals surface area (Å²) in [5.41, 5.74) is 0.678. The first-order valence-corrected chi connectivity index (χ1v) is 10.2. The maximum Gasteiger partial charge on any atom is 0.414 e. The Bertz CT molecular complexity index is 1290. The van der Waals surface area contributed by atoms with Gasteiger partial charge in [-0.1, -0.05) is 18.3 Å². The van der Waals surface area contributed by atoms with Crippen LogP contribution in [-0.4, -0.2) is 41.7 Å². The minimum absolute atomic E-state index is 0.0305. The van der Waals surface area contributed by atoms with Gasteiger partial charge in [0.15, 0.2) is 0 Å². The Labute approximate surface area is 191 Å². The fourth-order valence-electron chi connectivity index (χ4n) is 3.31. The number of hydrogen-bond acceptors (Lipinski definition) is 6. The third-order valence-corrected chi connectivity index (χ3v) is 5.26. The van der Waals surface area contributed by atoms with Gasteiger partial charge in [0.2, 0.25) is 5.43 Å². The summed E-state index contributed by atoms with van der Waals surface area (Å²) in [6.45, 7) is -0.0588. The van der Waals surface area contributed by atoms with Gasteiger partial charge in [0.25, 0.3) is 6.43 Å². The first kappa shape index (κ1) is 22.5. The summed E-state index contributed by atoms with van der Waals surface area (Å²) in [5.74, 6) is -0.700. The number of nitrogens with one attached hydrogen (secondary N) is 2. The van der Waals surface area contributed by atoms with Crippen LogP contribution in [-0.2, 0) is 4.74 Å². The molecule has 7 nitrogen and oxygen atoms in total. The molecule has 1 saturated heterocycles. The number of hydrogen-bond donors (Lipinski definition) is 2. The van der Waals surface area contributed by atoms with Crippen molar-refractivity contribution >= 4 is 51.3 Å². The van der Waals surface area contributed by atoms with Crippen LogP contribution in [0.3, 0.4) is 0 Å². The van der Waals surface area contributed by atoms with Gasteiger partial charge in [-0.3, -0.25) is 14.7 Å². The van der Waals surface area contributed by atoms with Crippen LogP contribution >= 0.6 is 12.2 Å². The molecule has 2 heterocycles. The number of rotatable bonds is 6. The zero-order valence-electron chi connectivity index (χ0n) is 16.9. The van der Waals surface area contributed by atoms with Gasteiger partial charge in [-0.05, 0) is 42.5 Å². The van der Waals surface area contributed by atoms with Gasteiger partial charge in [0.1, 0.15) is 16.9 Å². The first-order chi connectivity index (χ1) is 15.8. The lowest BCUT2D eigenvalue weighted by Gasteiger charge is -2.15. The normalized spacial score (nSPS) is 15.6. The van der Waals surface area contributed by atoms with E-state index in [1.54, 1.807) is 24.4 Å². The molecule has 170 valence electrons. The number of nitrogens with zero attached hydrogens (tertiary/aromatic N) is 2. The van der Waals surface area contributed by atoms with Crippen molar-refractivity contribution in [2.75, 3.05) is 23.3 Å². The van der Waals surface area contributed by atoms with Gasteiger partial charge >= 0.3 is 6.09 Å². The number of benzene rings is 1. The fraction of sp³-hybridized carbons (Fsp3) is 0.182. The number of carbonyl (C=O) groups excluding carboxylic acids is 1. The lowest BCUT2D eigenvalue weighted by atomic mass is 10.2. The number of carbonyl (C=O) groups is 1. The zero-order valence-corrected chi connectivity index (χ0v) is 17.7. The molecule has 1 aromatic heterocycles. The molecule has 0 spiro atoms. The summed E-state index contributed by atoms with van der Waals surface area (Å²) in [6, 6.07) is 12.0. The summed E-state index contributed by atoms with van der Waals surface area (Å²) >= 11 is 4.49. The average Bonchev–Trinajstić information content (AvgIpc) is 3.08. The van der Waals surface area contributed by atoms with Crippen LogP contribution in [0.4, 0.5) is 35.0 Å². The number of aromatic nitrogens is 1. The topological polar surface area (TPSA) is 83.6 Å². The molecule has 1 aliphatic rings. The molecule has 1 fully saturated rings. The third-order valence-electron chi connectivity index (χ3n) is 4.94. The summed E-state index contributed by atoms with van der Waals surface area (Å²) in [7, 11) is 0. The minimum atomic E-state index is -2.81. The van der Waals surface area contributed by atoms with E-state index < -0.39 is 29.4 Å². The van der Waals surface area contributed by atoms with Gasteiger partial charge < -0.3 is 15.4 Å². The van der Waals surface area contributed by atoms with E-state index in [-0.39, 0.29) is 35.6 Å². The van der Waals surface area contributed by atoms with Crippen LogP contribution < -0.4 is 21.0 Å². The first-order valence-electron chi connectivity index (χ1n) is 9.81. The molecule has 33 heavy (non-hydrogen) atoms. The van der Waals surface area contributed by atoms with Gasteiger partial charge in [-0.15, -0.1) is 0 Å². The molecule has 0 bridgehead atoms. The average molecular weight is 474 g/mol. The van der Waals surface area contributed by atoms with Gasteiger partial charge in [0, 0.05) is 11.6 Å². The van der Waals surface area contributed by atoms with Crippen LogP contribution in [0, 0.1) is 5.82 Å². The number of thiocarbonyl (C=S) groups is 1. The van der Waals surface area contributed by atoms with E-state index in [1.165, 1.54) is 29.2 Å². The zero-order chi connectivity index (χ0) is 23.5. The summed E-state index contributed by atoms with van der Waals surface area (Å²) in [4.78, 5) is 29.4. The second kappa shape index (κ2) is 9.41. The summed E-state index contributed by atoms with van der Waals surface area (Å²) in [6.07, 6.45) is -2.67. The third kappa shape index (κ3) is 5.03. The van der Waals surface area contributed by atoms with Gasteiger partial charge in [-0.25, -0.2) is 18.0 Å². The molecule has 0 radical (unpaired) electrons. The van der Waals surface area contributed by atoms with E-state index in [0.717, 1.165) is 6.07 Å². The van der Waals surface area contributed by atoms with E-state index in [9.17, 15) is 22.8 Å². The molecule has 1 amide bonds. The van der Waals surface area contributed by atoms with Crippen LogP contribution in [0.5, 0.6) is 0 Å². The lowest BCUT2D eigenvalue weighted by Crippen LogP contribution is -2.36. The maximum atomic E-state index is 14.8. The van der Waals surface area contributed by atoms with E-state index in [2.05, 4.69) is 27.8 Å². The smallest absolute Gasteiger partial charge is 0.414 e. The predicted octanol–water partition coefficient (Wildman–Crippen LogP) is 3.99. The van der Waals surface area contributed by atoms with Crippen molar-refractivity contribution in [1.29, 1.82) is 0 Å². The number of ether oxygens (including phenoxy) is 1. The maximum absolute atomic E-state index is 14.8. The number of pyridine rings is 1. The molecule has 2 aromatic carbocycles. The second-order valence-electron chi connectivity index (χ2n) is 7.18. The van der Waals surface area contributed by atoms with Crippen molar-refractivity contribution in [3.63, 3.8) is 0 Å². The number of amides is 1. The highest BCUT2D eigenvalue weighted by atomic mass is 32.1. The predicted molar refractivity (Wildman–Crippen MR) is 122 cm³/mol. The molecule has 2 N–H and O–H groups in total. The number of fused-ring (bicyclic) bond motifs is 1. The molecule has 0 saturated carbocycles. The molecular weight excluding hydrogens is 457 g/mol. The SMILES string of the molecule is O=C1O[C@@H](CNC(=S)C(F)F)CN1c1ccc(Nc2ccc3ncccc3cc2=O)c(F)c1. The highest BCUT2D eigenvalue weighted by Crippen LogP contribution is 2.27. The Balaban J connectivity index is 1.49. The Morgan fingerprint density at radius 2 is 1.97 bits per heavy atom. The van der Waals surface area contributed by atoms with Crippen molar-refractivity contribution < 1.29 is 22.7 Å². The highest BCUT2D eigenvalue weighted by molar-refractivity contribution is 7.80. The van der Waals surface area contributed by atoms with Crippen LogP contribution in [0.25, 0.3) is 10.9 Å². The molecule has 0 aliphatic carbocycles. The monoisotopic (exact) mass is 474 g/mol. The largest absolute Gasteiger partial charge is 0.442 e. The van der Waals surface area contributed by atoms with Crippen molar-refractivity contribution in [1.82, 2.24) is 10.3 Å². The molecule has 3 aromatic rings. The van der Waals surface area contributed by atoms with Crippen molar-refractivity contribution in [3.8, 4) is 0 Å². The molecule has 1 atom stereocenters. The molecule has 4 rings (SSSR count). The number of cyclic esters (lactones) is 1. The molecular formula is C22H17F3N4O3S. The Morgan fingerprint density at radius 1 is 1.18 bits per heavy atom. The van der Waals surface area contributed by atoms with Crippen molar-refractivity contribution in [2.45, 2.75) is 12.5 Å². The second-order valence-corrected chi connectivity index (χ2v) is 7.62. The Kier molecular flexibility index (Phi) is 6.40. The van der Waals surface area contributed by atoms with Crippen LogP contribution in [0.1, 0.15) is 0 Å². The quantitative estimate of drug-likeness (QED) is 0.523. The van der Waals surface area contributed by atoms with E-state index >= 15 is 0 Å². The lowest BCUT2D eigenvalue weighted by molar-refractivity contribution is 0.142. The Morgan fingerprint density at radius 3 is 2.73 bits per heavy atom. The van der Waals surface area contributed by atoms with Crippen LogP contribution in [0.15, 0.2) is 59.5 Å². The number of anilines is 3. The standard InChI is InChI=1S/C22H17F3N4O3S/c23-15-9-13(29-11-14(32-22(29)31)10-27-21(33)20(24)25)3-4-17(15)28-18-6-5-16-12(8-19(18)30)2-1-7-26-16/h1-9,14,20H,10-11H2,(H,27,33)(H,28,30)/t14-/m0/s1. The van der Waals surface area contributed by atoms with Gasteiger partial charge in [0.05, 0.1) is 35.7 Å². The van der Waals surface area contributed by atoms with E-state index in [4.69, 9.17) is 4.74 Å². The number of halogens is 3. The summed E-state index contributed by atoms with van der Waals surface area (Å²) in [5, 5.41) is 5.76. The fourth-order valence-corrected chi connectivity index (χ4v) is 3.39. The molecule has 1 aliphatic heterocycles.